The van der Waals surface area contributed by atoms with Crippen molar-refractivity contribution >= 4 is 5.91 Å². The minimum Gasteiger partial charge on any atom is -0.341 e. The van der Waals surface area contributed by atoms with Crippen LogP contribution in [-0.4, -0.2) is 48.4 Å². The molecule has 2 aliphatic heterocycles. The Morgan fingerprint density at radius 2 is 2.00 bits per heavy atom. The van der Waals surface area contributed by atoms with Gasteiger partial charge >= 0.3 is 0 Å². The molecule has 2 N–H and O–H groups in total. The lowest BCUT2D eigenvalue weighted by atomic mass is 9.84. The van der Waals surface area contributed by atoms with Gasteiger partial charge in [-0.1, -0.05) is 30.3 Å². The Kier molecular flexibility index (Phi) is 4.27. The second-order valence-electron chi connectivity index (χ2n) is 6.41. The van der Waals surface area contributed by atoms with E-state index in [1.54, 1.807) is 0 Å². The van der Waals surface area contributed by atoms with E-state index in [-0.39, 0.29) is 5.91 Å². The van der Waals surface area contributed by atoms with Crippen LogP contribution in [0.2, 0.25) is 0 Å². The Labute approximate surface area is 126 Å². The molecule has 3 atom stereocenters. The van der Waals surface area contributed by atoms with Gasteiger partial charge in [-0.15, -0.1) is 0 Å². The number of carbonyl (C=O) groups is 1. The van der Waals surface area contributed by atoms with Crippen LogP contribution in [0, 0.1) is 5.92 Å². The number of likely N-dealkylation sites (tertiary alicyclic amines) is 2. The second kappa shape index (κ2) is 6.16. The molecule has 0 saturated carbocycles. The molecule has 0 bridgehead atoms. The topological polar surface area (TPSA) is 49.6 Å². The van der Waals surface area contributed by atoms with Crippen LogP contribution < -0.4 is 5.73 Å². The molecule has 114 valence electrons. The highest BCUT2D eigenvalue weighted by Crippen LogP contribution is 2.30. The molecule has 0 radical (unpaired) electrons. The number of hydrogen-bond donors (Lipinski definition) is 1. The van der Waals surface area contributed by atoms with Crippen molar-refractivity contribution in [2.45, 2.75) is 31.3 Å². The highest BCUT2D eigenvalue weighted by molar-refractivity contribution is 5.83. The van der Waals surface area contributed by atoms with E-state index < -0.39 is 6.04 Å². The molecule has 0 aliphatic carbocycles. The molecule has 3 rings (SSSR count). The quantitative estimate of drug-likeness (QED) is 0.899. The molecule has 2 heterocycles. The fourth-order valence-electron chi connectivity index (χ4n) is 3.85. The number of nitrogens with two attached hydrogens (primary N) is 1. The van der Waals surface area contributed by atoms with E-state index in [0.29, 0.717) is 12.0 Å². The molecule has 2 saturated heterocycles. The van der Waals surface area contributed by atoms with E-state index in [0.717, 1.165) is 25.1 Å². The van der Waals surface area contributed by atoms with Gasteiger partial charge in [-0.05, 0) is 44.3 Å². The first-order valence-electron chi connectivity index (χ1n) is 7.96. The summed E-state index contributed by atoms with van der Waals surface area (Å²) in [4.78, 5) is 17.1. The number of piperidine rings is 2. The lowest BCUT2D eigenvalue weighted by molar-refractivity contribution is -0.136. The maximum atomic E-state index is 12.6. The zero-order valence-corrected chi connectivity index (χ0v) is 12.7. The van der Waals surface area contributed by atoms with Gasteiger partial charge in [0.1, 0.15) is 6.04 Å². The van der Waals surface area contributed by atoms with Crippen LogP contribution in [0.5, 0.6) is 0 Å². The summed E-state index contributed by atoms with van der Waals surface area (Å²) < 4.78 is 0. The van der Waals surface area contributed by atoms with E-state index in [2.05, 4.69) is 11.9 Å². The van der Waals surface area contributed by atoms with Gasteiger partial charge in [0.05, 0.1) is 0 Å². The number of amides is 1. The summed E-state index contributed by atoms with van der Waals surface area (Å²) in [5.41, 5.74) is 7.07. The number of carbonyl (C=O) groups excluding carboxylic acids is 1. The predicted molar refractivity (Wildman–Crippen MR) is 83.7 cm³/mol. The smallest absolute Gasteiger partial charge is 0.244 e. The number of nitrogens with zero attached hydrogens (tertiary/aromatic N) is 2. The first-order chi connectivity index (χ1) is 10.2. The maximum absolute atomic E-state index is 12.6. The fraction of sp³-hybridized carbons (Fsp3) is 0.588. The summed E-state index contributed by atoms with van der Waals surface area (Å²) in [6.45, 7) is 2.90. The van der Waals surface area contributed by atoms with Crippen molar-refractivity contribution in [2.75, 3.05) is 26.7 Å². The first-order valence-corrected chi connectivity index (χ1v) is 7.96. The van der Waals surface area contributed by atoms with Gasteiger partial charge in [-0.25, -0.2) is 0 Å². The molecule has 4 heteroatoms. The van der Waals surface area contributed by atoms with Crippen molar-refractivity contribution < 1.29 is 4.79 Å². The zero-order valence-electron chi connectivity index (χ0n) is 12.7. The predicted octanol–water partition coefficient (Wildman–Crippen LogP) is 1.63. The largest absolute Gasteiger partial charge is 0.341 e. The highest BCUT2D eigenvalue weighted by Gasteiger charge is 2.36. The summed E-state index contributed by atoms with van der Waals surface area (Å²) in [6, 6.07) is 9.81. The lowest BCUT2D eigenvalue weighted by Crippen LogP contribution is -2.55. The summed E-state index contributed by atoms with van der Waals surface area (Å²) in [5.74, 6) is 0.692. The highest BCUT2D eigenvalue weighted by atomic mass is 16.2. The fourth-order valence-corrected chi connectivity index (χ4v) is 3.85. The molecule has 0 spiro atoms. The van der Waals surface area contributed by atoms with E-state index in [9.17, 15) is 4.79 Å². The normalized spacial score (nSPS) is 28.0. The summed E-state index contributed by atoms with van der Waals surface area (Å²) in [6.07, 6.45) is 3.55. The van der Waals surface area contributed by atoms with Crippen molar-refractivity contribution in [3.05, 3.63) is 35.9 Å². The van der Waals surface area contributed by atoms with Gasteiger partial charge in [0, 0.05) is 19.1 Å². The molecule has 4 nitrogen and oxygen atoms in total. The van der Waals surface area contributed by atoms with Crippen LogP contribution in [0.4, 0.5) is 0 Å². The van der Waals surface area contributed by atoms with Crippen molar-refractivity contribution in [3.63, 3.8) is 0 Å². The first kappa shape index (κ1) is 14.5. The van der Waals surface area contributed by atoms with Gasteiger partial charge < -0.3 is 15.5 Å². The Balaban J connectivity index is 1.66. The molecule has 0 aromatic heterocycles. The number of rotatable bonds is 2. The maximum Gasteiger partial charge on any atom is 0.244 e. The number of benzene rings is 1. The molecule has 2 aliphatic rings. The zero-order chi connectivity index (χ0) is 14.8. The van der Waals surface area contributed by atoms with E-state index in [1.165, 1.54) is 19.4 Å². The average molecular weight is 287 g/mol. The van der Waals surface area contributed by atoms with Crippen LogP contribution in [0.1, 0.15) is 30.9 Å². The SMILES string of the molecule is CN1CCCC2CN(C(=O)[C@@H](N)c3ccccc3)CCC21. The lowest BCUT2D eigenvalue weighted by Gasteiger charge is -2.46. The van der Waals surface area contributed by atoms with Crippen LogP contribution >= 0.6 is 0 Å². The van der Waals surface area contributed by atoms with Gasteiger partial charge in [-0.3, -0.25) is 4.79 Å². The summed E-state index contributed by atoms with van der Waals surface area (Å²) >= 11 is 0. The Morgan fingerprint density at radius 1 is 1.24 bits per heavy atom. The second-order valence-corrected chi connectivity index (χ2v) is 6.41. The minimum absolute atomic E-state index is 0.0767. The van der Waals surface area contributed by atoms with Crippen LogP contribution in [0.25, 0.3) is 0 Å². The minimum atomic E-state index is -0.524. The van der Waals surface area contributed by atoms with Crippen LogP contribution in [-0.2, 0) is 4.79 Å². The molecule has 1 aromatic carbocycles. The van der Waals surface area contributed by atoms with Gasteiger partial charge in [0.15, 0.2) is 0 Å². The molecule has 1 amide bonds. The van der Waals surface area contributed by atoms with Crippen LogP contribution in [0.3, 0.4) is 0 Å². The molecule has 1 aromatic rings. The summed E-state index contributed by atoms with van der Waals surface area (Å²) in [5, 5.41) is 0. The molecule has 2 fully saturated rings. The van der Waals surface area contributed by atoms with Gasteiger partial charge in [0.2, 0.25) is 5.91 Å². The van der Waals surface area contributed by atoms with Crippen LogP contribution in [0.15, 0.2) is 30.3 Å². The van der Waals surface area contributed by atoms with Gasteiger partial charge in [-0.2, -0.15) is 0 Å². The van der Waals surface area contributed by atoms with Crippen molar-refractivity contribution in [3.8, 4) is 0 Å². The van der Waals surface area contributed by atoms with Crippen molar-refractivity contribution in [2.24, 2.45) is 11.7 Å². The third kappa shape index (κ3) is 2.97. The van der Waals surface area contributed by atoms with E-state index in [1.807, 2.05) is 35.2 Å². The molecular weight excluding hydrogens is 262 g/mol. The third-order valence-electron chi connectivity index (χ3n) is 5.08. The third-order valence-corrected chi connectivity index (χ3v) is 5.08. The van der Waals surface area contributed by atoms with E-state index >= 15 is 0 Å². The Bertz CT molecular complexity index is 490. The monoisotopic (exact) mass is 287 g/mol. The molecular formula is C17H25N3O. The van der Waals surface area contributed by atoms with Gasteiger partial charge in [0.25, 0.3) is 0 Å². The van der Waals surface area contributed by atoms with E-state index in [4.69, 9.17) is 5.73 Å². The standard InChI is InChI=1S/C17H25N3O/c1-19-10-5-8-14-12-20(11-9-15(14)19)17(21)16(18)13-6-3-2-4-7-13/h2-4,6-7,14-16H,5,8-12,18H2,1H3/t14?,15?,16-/m0/s1. The summed E-state index contributed by atoms with van der Waals surface area (Å²) in [7, 11) is 2.21. The average Bonchev–Trinajstić information content (AvgIpc) is 2.54. The number of hydrogen-bond acceptors (Lipinski definition) is 3. The molecule has 2 unspecified atom stereocenters. The number of fused-ring (bicyclic) bond motifs is 1. The Morgan fingerprint density at radius 3 is 2.76 bits per heavy atom. The Hall–Kier alpha value is -1.39. The van der Waals surface area contributed by atoms with Crippen molar-refractivity contribution in [1.29, 1.82) is 0 Å². The van der Waals surface area contributed by atoms with Crippen molar-refractivity contribution in [1.82, 2.24) is 9.80 Å². The molecule has 21 heavy (non-hydrogen) atoms.